The lowest BCUT2D eigenvalue weighted by atomic mass is 10.1. The Morgan fingerprint density at radius 3 is 2.76 bits per heavy atom. The van der Waals surface area contributed by atoms with E-state index in [2.05, 4.69) is 20.8 Å². The normalized spacial score (nSPS) is 23.9. The number of furan rings is 1. The minimum atomic E-state index is -0.621. The van der Waals surface area contributed by atoms with E-state index in [1.54, 1.807) is 35.2 Å². The SMILES string of the molecule is CC(=O)c1ccc(NC(=O)O[C@H]2CO[C@@H]3[C@@H]2OC[C@@H]3n2nnnc2SCc2ccco2)cc1. The van der Waals surface area contributed by atoms with Gasteiger partial charge in [0.25, 0.3) is 0 Å². The van der Waals surface area contributed by atoms with E-state index in [0.29, 0.717) is 28.8 Å². The highest BCUT2D eigenvalue weighted by molar-refractivity contribution is 7.98. The maximum Gasteiger partial charge on any atom is 0.412 e. The van der Waals surface area contributed by atoms with Crippen LogP contribution in [0.4, 0.5) is 10.5 Å². The molecule has 11 nitrogen and oxygen atoms in total. The molecule has 0 saturated carbocycles. The monoisotopic (exact) mass is 471 g/mol. The molecule has 12 heteroatoms. The molecule has 3 aromatic rings. The number of thioether (sulfide) groups is 1. The van der Waals surface area contributed by atoms with Gasteiger partial charge in [-0.25, -0.2) is 9.48 Å². The third kappa shape index (κ3) is 4.63. The van der Waals surface area contributed by atoms with Crippen LogP contribution in [0.25, 0.3) is 0 Å². The van der Waals surface area contributed by atoms with Gasteiger partial charge in [-0.15, -0.1) is 5.10 Å². The number of tetrazole rings is 1. The van der Waals surface area contributed by atoms with Gasteiger partial charge in [0.05, 0.1) is 25.2 Å². The fourth-order valence-electron chi connectivity index (χ4n) is 3.85. The number of Topliss-reactive ketones (excluding diaryl/α,β-unsaturated/α-hetero) is 1. The van der Waals surface area contributed by atoms with Crippen molar-refractivity contribution in [2.24, 2.45) is 0 Å². The van der Waals surface area contributed by atoms with Crippen molar-refractivity contribution in [3.8, 4) is 0 Å². The number of nitrogens with zero attached hydrogens (tertiary/aromatic N) is 4. The van der Waals surface area contributed by atoms with Crippen LogP contribution in [0.5, 0.6) is 0 Å². The van der Waals surface area contributed by atoms with E-state index >= 15 is 0 Å². The number of ether oxygens (including phenoxy) is 3. The highest BCUT2D eigenvalue weighted by atomic mass is 32.2. The molecule has 2 saturated heterocycles. The molecule has 4 heterocycles. The van der Waals surface area contributed by atoms with Crippen molar-refractivity contribution < 1.29 is 28.2 Å². The summed E-state index contributed by atoms with van der Waals surface area (Å²) in [6.45, 7) is 2.03. The minimum Gasteiger partial charge on any atom is -0.468 e. The lowest BCUT2D eigenvalue weighted by Crippen LogP contribution is -2.35. The number of fused-ring (bicyclic) bond motifs is 1. The summed E-state index contributed by atoms with van der Waals surface area (Å²) in [7, 11) is 0. The Bertz CT molecular complexity index is 1120. The number of carbonyl (C=O) groups is 2. The van der Waals surface area contributed by atoms with E-state index in [-0.39, 0.29) is 24.5 Å². The minimum absolute atomic E-state index is 0.0451. The second-order valence-corrected chi connectivity index (χ2v) is 8.58. The molecule has 1 aromatic carbocycles. The molecule has 0 spiro atoms. The van der Waals surface area contributed by atoms with Crippen molar-refractivity contribution in [1.29, 1.82) is 0 Å². The first-order valence-corrected chi connectivity index (χ1v) is 11.3. The lowest BCUT2D eigenvalue weighted by Gasteiger charge is -2.17. The van der Waals surface area contributed by atoms with Gasteiger partial charge in [-0.1, -0.05) is 11.8 Å². The van der Waals surface area contributed by atoms with E-state index in [1.165, 1.54) is 18.7 Å². The molecular weight excluding hydrogens is 450 g/mol. The molecule has 2 fully saturated rings. The molecule has 0 bridgehead atoms. The second kappa shape index (κ2) is 9.33. The fraction of sp³-hybridized carbons (Fsp3) is 0.381. The van der Waals surface area contributed by atoms with Crippen LogP contribution in [0.2, 0.25) is 0 Å². The number of carbonyl (C=O) groups excluding carboxylic acids is 2. The molecule has 1 N–H and O–H groups in total. The molecule has 2 aliphatic heterocycles. The predicted molar refractivity (Wildman–Crippen MR) is 115 cm³/mol. The number of rotatable bonds is 7. The molecule has 0 aliphatic carbocycles. The van der Waals surface area contributed by atoms with Crippen molar-refractivity contribution in [2.75, 3.05) is 18.5 Å². The first-order chi connectivity index (χ1) is 16.1. The number of anilines is 1. The third-order valence-electron chi connectivity index (χ3n) is 5.48. The molecule has 0 unspecified atom stereocenters. The molecule has 2 aromatic heterocycles. The summed E-state index contributed by atoms with van der Waals surface area (Å²) in [5.74, 6) is 1.37. The van der Waals surface area contributed by atoms with Gasteiger partial charge in [0.2, 0.25) is 5.16 Å². The van der Waals surface area contributed by atoms with Crippen molar-refractivity contribution in [3.63, 3.8) is 0 Å². The fourth-order valence-corrected chi connectivity index (χ4v) is 4.68. The highest BCUT2D eigenvalue weighted by Gasteiger charge is 2.51. The Labute approximate surface area is 192 Å². The van der Waals surface area contributed by atoms with Gasteiger partial charge in [-0.3, -0.25) is 10.1 Å². The summed E-state index contributed by atoms with van der Waals surface area (Å²) in [5.41, 5.74) is 1.09. The molecule has 0 radical (unpaired) electrons. The average molecular weight is 471 g/mol. The quantitative estimate of drug-likeness (QED) is 0.405. The van der Waals surface area contributed by atoms with E-state index in [4.69, 9.17) is 18.6 Å². The van der Waals surface area contributed by atoms with E-state index < -0.39 is 18.3 Å². The Hall–Kier alpha value is -3.22. The third-order valence-corrected chi connectivity index (χ3v) is 6.43. The second-order valence-electron chi connectivity index (χ2n) is 7.64. The Morgan fingerprint density at radius 1 is 1.18 bits per heavy atom. The largest absolute Gasteiger partial charge is 0.468 e. The van der Waals surface area contributed by atoms with Crippen LogP contribution in [0.3, 0.4) is 0 Å². The average Bonchev–Trinajstić information content (AvgIpc) is 3.59. The van der Waals surface area contributed by atoms with Crippen LogP contribution in [-0.2, 0) is 20.0 Å². The standard InChI is InChI=1S/C21H21N5O6S/c1-12(27)13-4-6-14(7-5-13)22-21(28)32-17-10-31-18-16(9-30-19(17)18)26-20(23-24-25-26)33-11-15-3-2-8-29-15/h2-8,16-19H,9-11H2,1H3,(H,22,28)/t16-,17-,18-,19+/m0/s1. The maximum absolute atomic E-state index is 12.4. The van der Waals surface area contributed by atoms with E-state index in [1.807, 2.05) is 12.1 Å². The van der Waals surface area contributed by atoms with Crippen LogP contribution in [0.15, 0.2) is 52.2 Å². The highest BCUT2D eigenvalue weighted by Crippen LogP contribution is 2.37. The van der Waals surface area contributed by atoms with Crippen LogP contribution in [-0.4, -0.2) is 63.6 Å². The zero-order valence-electron chi connectivity index (χ0n) is 17.6. The number of benzene rings is 1. The number of hydrogen-bond donors (Lipinski definition) is 1. The van der Waals surface area contributed by atoms with E-state index in [0.717, 1.165) is 5.76 Å². The van der Waals surface area contributed by atoms with Crippen molar-refractivity contribution >= 4 is 29.3 Å². The summed E-state index contributed by atoms with van der Waals surface area (Å²) < 4.78 is 24.4. The Balaban J connectivity index is 1.18. The van der Waals surface area contributed by atoms with Gasteiger partial charge in [-0.2, -0.15) is 0 Å². The summed E-state index contributed by atoms with van der Waals surface area (Å²) in [4.78, 5) is 23.8. The number of hydrogen-bond acceptors (Lipinski definition) is 10. The predicted octanol–water partition coefficient (Wildman–Crippen LogP) is 2.72. The first-order valence-electron chi connectivity index (χ1n) is 10.3. The lowest BCUT2D eigenvalue weighted by molar-refractivity contribution is 0.00751. The zero-order valence-corrected chi connectivity index (χ0v) is 18.4. The molecule has 2 aliphatic rings. The summed E-state index contributed by atoms with van der Waals surface area (Å²) >= 11 is 1.45. The van der Waals surface area contributed by atoms with Crippen LogP contribution < -0.4 is 5.32 Å². The summed E-state index contributed by atoms with van der Waals surface area (Å²) in [6, 6.07) is 10.1. The number of aromatic nitrogens is 4. The van der Waals surface area contributed by atoms with Gasteiger partial charge >= 0.3 is 6.09 Å². The topological polar surface area (TPSA) is 131 Å². The van der Waals surface area contributed by atoms with Gasteiger partial charge in [0.15, 0.2) is 11.9 Å². The molecule has 1 amide bonds. The first kappa shape index (κ1) is 21.6. The van der Waals surface area contributed by atoms with Gasteiger partial charge in [-0.05, 0) is 53.7 Å². The van der Waals surface area contributed by atoms with Crippen LogP contribution >= 0.6 is 11.8 Å². The van der Waals surface area contributed by atoms with Gasteiger partial charge < -0.3 is 18.6 Å². The molecular formula is C21H21N5O6S. The molecule has 5 rings (SSSR count). The number of ketones is 1. The van der Waals surface area contributed by atoms with Crippen molar-refractivity contribution in [3.05, 3.63) is 54.0 Å². The van der Waals surface area contributed by atoms with Crippen molar-refractivity contribution in [2.45, 2.75) is 42.2 Å². The smallest absolute Gasteiger partial charge is 0.412 e. The summed E-state index contributed by atoms with van der Waals surface area (Å²) in [6.07, 6.45) is -0.328. The Kier molecular flexibility index (Phi) is 6.11. The van der Waals surface area contributed by atoms with Gasteiger partial charge in [0, 0.05) is 11.3 Å². The van der Waals surface area contributed by atoms with Crippen LogP contribution in [0.1, 0.15) is 29.1 Å². The summed E-state index contributed by atoms with van der Waals surface area (Å²) in [5, 5.41) is 15.3. The zero-order chi connectivity index (χ0) is 22.8. The number of amides is 1. The molecule has 33 heavy (non-hydrogen) atoms. The maximum atomic E-state index is 12.4. The van der Waals surface area contributed by atoms with E-state index in [9.17, 15) is 9.59 Å². The Morgan fingerprint density at radius 2 is 2.00 bits per heavy atom. The van der Waals surface area contributed by atoms with Crippen molar-refractivity contribution in [1.82, 2.24) is 20.2 Å². The molecule has 4 atom stereocenters. The van der Waals surface area contributed by atoms with Gasteiger partial charge in [0.1, 0.15) is 24.0 Å². The molecule has 172 valence electrons. The van der Waals surface area contributed by atoms with Crippen LogP contribution in [0, 0.1) is 0 Å². The number of nitrogens with one attached hydrogen (secondary N) is 1.